The molecular weight excluding hydrogens is 614 g/mol. The Balaban J connectivity index is 1.82. The highest BCUT2D eigenvalue weighted by Crippen LogP contribution is 2.54. The number of aromatic nitrogens is 2. The van der Waals surface area contributed by atoms with E-state index in [1.54, 1.807) is 0 Å². The molecule has 1 amide bonds. The molecule has 3 heterocycles. The fourth-order valence-electron chi connectivity index (χ4n) is 3.90. The van der Waals surface area contributed by atoms with Gasteiger partial charge in [0.25, 0.3) is 0 Å². The number of ether oxygens (including phenoxy) is 2. The van der Waals surface area contributed by atoms with Crippen molar-refractivity contribution < 1.29 is 72.7 Å². The number of phosphoric acid groups is 1. The van der Waals surface area contributed by atoms with E-state index in [1.165, 1.54) is 6.07 Å². The zero-order chi connectivity index (χ0) is 31.6. The lowest BCUT2D eigenvalue weighted by Gasteiger charge is -2.37. The number of phosphoric ester groups is 1. The van der Waals surface area contributed by atoms with Crippen molar-refractivity contribution in [3.05, 3.63) is 46.2 Å². The second-order valence-corrected chi connectivity index (χ2v) is 11.8. The lowest BCUT2D eigenvalue weighted by atomic mass is 9.98. The highest BCUT2D eigenvalue weighted by molar-refractivity contribution is 7.56. The minimum atomic E-state index is -5.88. The number of allylic oxidation sites excluding steroid dienone is 1. The number of amides is 1. The van der Waals surface area contributed by atoms with Crippen LogP contribution in [0.5, 0.6) is 0 Å². The number of rotatable bonds is 11. The molecule has 1 aromatic heterocycles. The summed E-state index contributed by atoms with van der Waals surface area (Å²) >= 11 is 0. The Morgan fingerprint density at radius 3 is 2.52 bits per heavy atom. The first-order chi connectivity index (χ1) is 19.4. The van der Waals surface area contributed by atoms with E-state index in [0.717, 1.165) is 29.8 Å². The van der Waals surface area contributed by atoms with Crippen molar-refractivity contribution in [1.82, 2.24) is 14.9 Å². The predicted octanol–water partition coefficient (Wildman–Crippen LogP) is -5.17. The molecule has 42 heavy (non-hydrogen) atoms. The largest absolute Gasteiger partial charge is 0.773 e. The third-order valence-electron chi connectivity index (χ3n) is 5.89. The topological polar surface area (TPSA) is 329 Å². The fraction of sp³-hybridized carbons (Fsp3) is 0.550. The molecule has 0 saturated carbocycles. The van der Waals surface area contributed by atoms with E-state index in [4.69, 9.17) is 20.3 Å². The summed E-state index contributed by atoms with van der Waals surface area (Å²) in [6.45, 7) is -0.992. The van der Waals surface area contributed by atoms with E-state index >= 15 is 0 Å². The van der Waals surface area contributed by atoms with E-state index < -0.39 is 100 Å². The van der Waals surface area contributed by atoms with Crippen molar-refractivity contribution in [2.24, 2.45) is 0 Å². The normalized spacial score (nSPS) is 31.3. The molecule has 0 radical (unpaired) electrons. The first-order valence-corrected chi connectivity index (χ1v) is 14.9. The Morgan fingerprint density at radius 2 is 1.95 bits per heavy atom. The van der Waals surface area contributed by atoms with E-state index in [1.807, 2.05) is 0 Å². The molecular formula is C20H28N4O16P2-2. The second-order valence-electron chi connectivity index (χ2n) is 9.02. The number of hydrogen-bond donors (Lipinski definition) is 8. The molecule has 10 atom stereocenters. The Kier molecular flexibility index (Phi) is 10.7. The van der Waals surface area contributed by atoms with Crippen LogP contribution in [0.15, 0.2) is 40.5 Å². The van der Waals surface area contributed by atoms with Crippen molar-refractivity contribution in [3.63, 3.8) is 0 Å². The summed E-state index contributed by atoms with van der Waals surface area (Å²) in [4.78, 5) is 61.3. The molecule has 1 aromatic rings. The Labute approximate surface area is 236 Å². The van der Waals surface area contributed by atoms with Gasteiger partial charge in [0.05, 0.1) is 19.3 Å². The summed E-state index contributed by atoms with van der Waals surface area (Å²) in [5, 5.41) is 52.1. The van der Waals surface area contributed by atoms with Gasteiger partial charge in [0.15, 0.2) is 18.1 Å². The summed E-state index contributed by atoms with van der Waals surface area (Å²) in [5.41, 5.74) is 2.71. The van der Waals surface area contributed by atoms with E-state index in [-0.39, 0.29) is 5.82 Å². The van der Waals surface area contributed by atoms with Gasteiger partial charge in [-0.15, -0.1) is 0 Å². The standard InChI is InChI=1S/C20H30N4O16P2/c1-8(26)22-9-2-3-11(38-17(9)14(28)10(27)6-25)19(41(32,33)34)40-42(35,36)37-7-12-15(29)16(30)18(39-12)24-5-4-13(21)23-20(24)31/h2-5,9-10,12,14-18,25,27-30H,6-7H2,1H3,(H,22,26)(H,35,36)(H2,21,23,31)(H2,32,33,34)/p-2/b19-11+/t9-,10-,12-,14-,15+,16?,17?,18-/m1/s1. The SMILES string of the molecule is CC(=O)N[C@@H]1C=C/C(=C(/OP(=O)([O-])OC[C@H]2O[C@@H](n3ccc(N)nc3=O)C(O)[C@H]2O)P(=O)([O-])O)OC1[C@H](O)[C@H](O)CO. The molecule has 4 unspecified atom stereocenters. The maximum atomic E-state index is 12.5. The Bertz CT molecular complexity index is 1360. The minimum absolute atomic E-state index is 0.147. The van der Waals surface area contributed by atoms with Gasteiger partial charge in [-0.05, 0) is 12.1 Å². The van der Waals surface area contributed by atoms with E-state index in [9.17, 15) is 53.8 Å². The molecule has 0 spiro atoms. The zero-order valence-electron chi connectivity index (χ0n) is 21.5. The third-order valence-corrected chi connectivity index (χ3v) is 7.73. The number of nitrogen functional groups attached to an aromatic ring is 1. The molecule has 2 aliphatic heterocycles. The van der Waals surface area contributed by atoms with Crippen molar-refractivity contribution in [1.29, 1.82) is 0 Å². The highest BCUT2D eigenvalue weighted by atomic mass is 31.2. The van der Waals surface area contributed by atoms with Crippen LogP contribution in [0, 0.1) is 0 Å². The minimum Gasteiger partial charge on any atom is -0.773 e. The van der Waals surface area contributed by atoms with Gasteiger partial charge in [-0.25, -0.2) is 4.79 Å². The van der Waals surface area contributed by atoms with Crippen molar-refractivity contribution in [2.45, 2.75) is 55.8 Å². The Hall–Kier alpha value is -2.71. The van der Waals surface area contributed by atoms with E-state index in [0.29, 0.717) is 0 Å². The number of carbonyl (C=O) groups is 1. The number of nitrogens with two attached hydrogens (primary N) is 1. The molecule has 3 rings (SSSR count). The van der Waals surface area contributed by atoms with Gasteiger partial charge >= 0.3 is 13.5 Å². The maximum Gasteiger partial charge on any atom is 0.351 e. The first-order valence-electron chi connectivity index (χ1n) is 11.8. The molecule has 0 aliphatic carbocycles. The molecule has 22 heteroatoms. The van der Waals surface area contributed by atoms with Crippen LogP contribution in [0.3, 0.4) is 0 Å². The van der Waals surface area contributed by atoms with Crippen LogP contribution in [0.4, 0.5) is 5.82 Å². The summed E-state index contributed by atoms with van der Waals surface area (Å²) in [5.74, 6) is -1.80. The molecule has 1 fully saturated rings. The van der Waals surface area contributed by atoms with Crippen LogP contribution in [0.25, 0.3) is 0 Å². The number of nitrogens with zero attached hydrogens (tertiary/aromatic N) is 2. The number of anilines is 1. The molecule has 2 aliphatic rings. The van der Waals surface area contributed by atoms with Crippen LogP contribution in [0.1, 0.15) is 13.2 Å². The van der Waals surface area contributed by atoms with E-state index in [2.05, 4.69) is 19.3 Å². The predicted molar refractivity (Wildman–Crippen MR) is 131 cm³/mol. The third kappa shape index (κ3) is 8.01. The first kappa shape index (κ1) is 33.8. The number of nitrogens with one attached hydrogen (secondary N) is 1. The zero-order valence-corrected chi connectivity index (χ0v) is 23.3. The molecule has 20 nitrogen and oxygen atoms in total. The fourth-order valence-corrected chi connectivity index (χ4v) is 5.71. The van der Waals surface area contributed by atoms with Crippen LogP contribution >= 0.6 is 15.4 Å². The van der Waals surface area contributed by atoms with Gasteiger partial charge in [0.2, 0.25) is 19.0 Å². The summed E-state index contributed by atoms with van der Waals surface area (Å²) in [6, 6.07) is -0.0416. The number of carbonyl (C=O) groups excluding carboxylic acids is 1. The molecule has 0 aromatic carbocycles. The summed E-state index contributed by atoms with van der Waals surface area (Å²) in [7, 11) is -11.7. The lowest BCUT2D eigenvalue weighted by Crippen LogP contribution is -2.53. The van der Waals surface area contributed by atoms with Gasteiger partial charge < -0.3 is 74.3 Å². The summed E-state index contributed by atoms with van der Waals surface area (Å²) in [6.07, 6.45) is -9.43. The number of aliphatic hydroxyl groups is 5. The smallest absolute Gasteiger partial charge is 0.351 e. The van der Waals surface area contributed by atoms with Gasteiger partial charge in [0, 0.05) is 13.1 Å². The molecule has 9 N–H and O–H groups in total. The van der Waals surface area contributed by atoms with Crippen molar-refractivity contribution in [3.8, 4) is 0 Å². The van der Waals surface area contributed by atoms with Crippen LogP contribution in [0.2, 0.25) is 0 Å². The monoisotopic (exact) mass is 642 g/mol. The number of aliphatic hydroxyl groups excluding tert-OH is 5. The summed E-state index contributed by atoms with van der Waals surface area (Å²) < 4.78 is 44.9. The van der Waals surface area contributed by atoms with Crippen molar-refractivity contribution >= 4 is 27.1 Å². The quantitative estimate of drug-likeness (QED) is 0.0826. The van der Waals surface area contributed by atoms with Crippen LogP contribution < -0.4 is 26.5 Å². The van der Waals surface area contributed by atoms with Gasteiger partial charge in [-0.2, -0.15) is 4.98 Å². The number of hydrogen-bond acceptors (Lipinski definition) is 17. The second kappa shape index (κ2) is 13.3. The average molecular weight is 642 g/mol. The molecule has 236 valence electrons. The van der Waals surface area contributed by atoms with Crippen LogP contribution in [-0.2, 0) is 32.4 Å². The van der Waals surface area contributed by atoms with Gasteiger partial charge in [-0.3, -0.25) is 13.9 Å². The average Bonchev–Trinajstić information content (AvgIpc) is 3.18. The van der Waals surface area contributed by atoms with Crippen LogP contribution in [-0.4, -0.2) is 102 Å². The Morgan fingerprint density at radius 1 is 1.29 bits per heavy atom. The van der Waals surface area contributed by atoms with Crippen molar-refractivity contribution in [2.75, 3.05) is 18.9 Å². The molecule has 0 bridgehead atoms. The maximum absolute atomic E-state index is 12.5. The van der Waals surface area contributed by atoms with Gasteiger partial charge in [0.1, 0.15) is 36.3 Å². The van der Waals surface area contributed by atoms with Gasteiger partial charge in [-0.1, -0.05) is 6.08 Å². The molecule has 1 saturated heterocycles. The lowest BCUT2D eigenvalue weighted by molar-refractivity contribution is -0.228. The highest BCUT2D eigenvalue weighted by Gasteiger charge is 2.45.